The highest BCUT2D eigenvalue weighted by Gasteiger charge is 2.36. The first-order valence-corrected chi connectivity index (χ1v) is 25.0. The van der Waals surface area contributed by atoms with E-state index in [0.29, 0.717) is 0 Å². The van der Waals surface area contributed by atoms with Gasteiger partial charge in [-0.15, -0.1) is 0 Å². The van der Waals surface area contributed by atoms with E-state index >= 15 is 0 Å². The second-order valence-corrected chi connectivity index (χ2v) is 19.7. The topological polar surface area (TPSA) is 13.1 Å². The van der Waals surface area contributed by atoms with Crippen LogP contribution in [0.15, 0.2) is 261 Å². The molecule has 0 amide bonds. The highest BCUT2D eigenvalue weighted by Crippen LogP contribution is 2.52. The molecular formula is C69H49N3. The number of fused-ring (bicyclic) bond motifs is 9. The monoisotopic (exact) mass is 919 g/mol. The molecular weight excluding hydrogens is 871 g/mol. The maximum atomic E-state index is 2.43. The fourth-order valence-corrected chi connectivity index (χ4v) is 11.7. The van der Waals surface area contributed by atoms with Gasteiger partial charge in [0.05, 0.1) is 22.1 Å². The van der Waals surface area contributed by atoms with Crippen LogP contribution in [0, 0.1) is 0 Å². The van der Waals surface area contributed by atoms with Crippen molar-refractivity contribution >= 4 is 60.7 Å². The number of aromatic nitrogens is 2. The van der Waals surface area contributed by atoms with Crippen molar-refractivity contribution in [1.82, 2.24) is 9.13 Å². The summed E-state index contributed by atoms with van der Waals surface area (Å²) >= 11 is 0. The minimum Gasteiger partial charge on any atom is -0.310 e. The number of rotatable bonds is 8. The van der Waals surface area contributed by atoms with E-state index in [-0.39, 0.29) is 5.41 Å². The summed E-state index contributed by atoms with van der Waals surface area (Å²) in [6.07, 6.45) is 0. The van der Waals surface area contributed by atoms with Crippen LogP contribution in [0.5, 0.6) is 0 Å². The minimum absolute atomic E-state index is 0.235. The zero-order chi connectivity index (χ0) is 47.9. The van der Waals surface area contributed by atoms with E-state index in [1.165, 1.54) is 111 Å². The van der Waals surface area contributed by atoms with Crippen LogP contribution in [-0.4, -0.2) is 9.13 Å². The lowest BCUT2D eigenvalue weighted by Crippen LogP contribution is -2.17. The molecule has 0 N–H and O–H groups in total. The van der Waals surface area contributed by atoms with Crippen LogP contribution in [0.3, 0.4) is 0 Å². The molecule has 2 heterocycles. The first-order valence-electron chi connectivity index (χ1n) is 25.0. The summed E-state index contributed by atoms with van der Waals surface area (Å²) in [7, 11) is 0. The Morgan fingerprint density at radius 3 is 1.24 bits per heavy atom. The van der Waals surface area contributed by atoms with Crippen molar-refractivity contribution in [3.05, 3.63) is 272 Å². The van der Waals surface area contributed by atoms with Gasteiger partial charge in [-0.1, -0.05) is 184 Å². The number of benzene rings is 11. The summed E-state index contributed by atoms with van der Waals surface area (Å²) < 4.78 is 4.80. The van der Waals surface area contributed by atoms with Crippen LogP contribution in [-0.2, 0) is 5.41 Å². The largest absolute Gasteiger partial charge is 0.310 e. The third kappa shape index (κ3) is 6.66. The molecule has 0 atom stereocenters. The summed E-state index contributed by atoms with van der Waals surface area (Å²) in [5, 5.41) is 5.07. The van der Waals surface area contributed by atoms with Crippen molar-refractivity contribution in [1.29, 1.82) is 0 Å². The Morgan fingerprint density at radius 1 is 0.278 bits per heavy atom. The maximum absolute atomic E-state index is 2.43. The minimum atomic E-state index is -0.235. The van der Waals surface area contributed by atoms with E-state index in [4.69, 9.17) is 0 Å². The molecule has 3 nitrogen and oxygen atoms in total. The second kappa shape index (κ2) is 16.5. The van der Waals surface area contributed by atoms with Gasteiger partial charge in [-0.25, -0.2) is 0 Å². The van der Waals surface area contributed by atoms with Crippen LogP contribution < -0.4 is 4.90 Å². The van der Waals surface area contributed by atoms with Gasteiger partial charge in [0.15, 0.2) is 0 Å². The number of hydrogen-bond acceptors (Lipinski definition) is 1. The molecule has 0 aliphatic heterocycles. The van der Waals surface area contributed by atoms with Crippen molar-refractivity contribution in [3.8, 4) is 55.9 Å². The van der Waals surface area contributed by atoms with Gasteiger partial charge in [-0.3, -0.25) is 0 Å². The lowest BCUT2D eigenvalue weighted by Gasteiger charge is -2.28. The van der Waals surface area contributed by atoms with E-state index < -0.39 is 0 Å². The molecule has 72 heavy (non-hydrogen) atoms. The predicted molar refractivity (Wildman–Crippen MR) is 304 cm³/mol. The Kier molecular flexibility index (Phi) is 9.56. The van der Waals surface area contributed by atoms with Gasteiger partial charge in [-0.2, -0.15) is 0 Å². The van der Waals surface area contributed by atoms with Crippen molar-refractivity contribution < 1.29 is 0 Å². The summed E-state index contributed by atoms with van der Waals surface area (Å²) in [5.74, 6) is 0. The molecule has 340 valence electrons. The Morgan fingerprint density at radius 2 is 0.667 bits per heavy atom. The van der Waals surface area contributed by atoms with Crippen molar-refractivity contribution in [3.63, 3.8) is 0 Å². The van der Waals surface area contributed by atoms with Gasteiger partial charge >= 0.3 is 0 Å². The summed E-state index contributed by atoms with van der Waals surface area (Å²) in [6.45, 7) is 4.78. The summed E-state index contributed by atoms with van der Waals surface area (Å²) in [4.78, 5) is 2.41. The van der Waals surface area contributed by atoms with E-state index in [1.807, 2.05) is 0 Å². The van der Waals surface area contributed by atoms with E-state index in [9.17, 15) is 0 Å². The molecule has 0 bridgehead atoms. The number of nitrogens with zero attached hydrogens (tertiary/aromatic N) is 3. The second-order valence-electron chi connectivity index (χ2n) is 19.7. The first-order chi connectivity index (χ1) is 35.5. The molecule has 0 unspecified atom stereocenters. The molecule has 2 aromatic heterocycles. The normalized spacial score (nSPS) is 12.7. The van der Waals surface area contributed by atoms with Crippen LogP contribution in [0.1, 0.15) is 25.0 Å². The average Bonchev–Trinajstić information content (AvgIpc) is 4.04. The molecule has 0 fully saturated rings. The van der Waals surface area contributed by atoms with Crippen LogP contribution in [0.25, 0.3) is 99.5 Å². The molecule has 0 spiro atoms. The fourth-order valence-electron chi connectivity index (χ4n) is 11.7. The molecule has 0 radical (unpaired) electrons. The fraction of sp³-hybridized carbons (Fsp3) is 0.0435. The van der Waals surface area contributed by atoms with Gasteiger partial charge in [0, 0.05) is 55.4 Å². The van der Waals surface area contributed by atoms with Gasteiger partial charge in [0.1, 0.15) is 0 Å². The van der Waals surface area contributed by atoms with Gasteiger partial charge in [0.2, 0.25) is 0 Å². The van der Waals surface area contributed by atoms with Crippen molar-refractivity contribution in [2.24, 2.45) is 0 Å². The molecule has 0 saturated carbocycles. The molecule has 13 aromatic rings. The lowest BCUT2D eigenvalue weighted by atomic mass is 9.82. The van der Waals surface area contributed by atoms with Crippen molar-refractivity contribution in [2.45, 2.75) is 19.3 Å². The smallest absolute Gasteiger partial charge is 0.0541 e. The molecule has 11 aromatic carbocycles. The molecule has 1 aliphatic rings. The average molecular weight is 920 g/mol. The highest BCUT2D eigenvalue weighted by molar-refractivity contribution is 6.11. The summed E-state index contributed by atoms with van der Waals surface area (Å²) in [6, 6.07) is 95.7. The quantitative estimate of drug-likeness (QED) is 0.148. The number of hydrogen-bond donors (Lipinski definition) is 0. The van der Waals surface area contributed by atoms with E-state index in [2.05, 4.69) is 289 Å². The zero-order valence-corrected chi connectivity index (χ0v) is 40.2. The molecule has 14 rings (SSSR count). The van der Waals surface area contributed by atoms with E-state index in [1.54, 1.807) is 0 Å². The van der Waals surface area contributed by atoms with Gasteiger partial charge in [0.25, 0.3) is 0 Å². The van der Waals surface area contributed by atoms with Crippen LogP contribution in [0.4, 0.5) is 17.1 Å². The number of anilines is 3. The molecule has 3 heteroatoms. The van der Waals surface area contributed by atoms with E-state index in [0.717, 1.165) is 17.1 Å². The van der Waals surface area contributed by atoms with Gasteiger partial charge < -0.3 is 14.0 Å². The molecule has 1 aliphatic carbocycles. The first kappa shape index (κ1) is 41.8. The Labute approximate surface area is 419 Å². The maximum Gasteiger partial charge on any atom is 0.0541 e. The third-order valence-corrected chi connectivity index (χ3v) is 15.3. The summed E-state index contributed by atoms with van der Waals surface area (Å²) in [5.41, 5.74) is 22.8. The molecule has 0 saturated heterocycles. The van der Waals surface area contributed by atoms with Crippen molar-refractivity contribution in [2.75, 3.05) is 4.90 Å². The SMILES string of the molecule is CC1(C)c2cc(N(c3ccc(-c4ccccc4)cc3)c3ccc(-c4ccc(-c5ccc6c(c5)c5ccccc5n6-c5ccccc5)cc4)cc3)ccc2-c2ccc(-n3c4ccccc4c4ccccc43)cc21. The van der Waals surface area contributed by atoms with Gasteiger partial charge in [-0.05, 0) is 147 Å². The standard InChI is InChI=1S/C69H49N3/c1-69(2)63-44-55(38-40-57(63)58-41-39-56(45-64(58)69)72-65-22-12-9-19-59(65)60-20-10-13-23-66(60)72)70(53-34-29-48(30-35-53)46-15-5-3-6-16-46)54-36-31-49(32-37-54)47-25-27-50(28-26-47)51-33-42-68-62(43-51)61-21-11-14-24-67(61)71(68)52-17-7-4-8-18-52/h3-45H,1-2H3. The number of para-hydroxylation sites is 4. The van der Waals surface area contributed by atoms with Crippen LogP contribution in [0.2, 0.25) is 0 Å². The van der Waals surface area contributed by atoms with Crippen LogP contribution >= 0.6 is 0 Å². The third-order valence-electron chi connectivity index (χ3n) is 15.3. The lowest BCUT2D eigenvalue weighted by molar-refractivity contribution is 0.660. The highest BCUT2D eigenvalue weighted by atomic mass is 15.1. The Balaban J connectivity index is 0.808. The Bertz CT molecular complexity index is 4140. The zero-order valence-electron chi connectivity index (χ0n) is 40.2. The Hall–Kier alpha value is -9.18. The predicted octanol–water partition coefficient (Wildman–Crippen LogP) is 18.7.